The molecule has 0 radical (unpaired) electrons. The van der Waals surface area contributed by atoms with E-state index in [0.29, 0.717) is 36.8 Å². The van der Waals surface area contributed by atoms with Crippen LogP contribution in [0.1, 0.15) is 57.4 Å². The maximum absolute atomic E-state index is 15.1. The van der Waals surface area contributed by atoms with Crippen molar-refractivity contribution in [2.75, 3.05) is 4.90 Å². The Hall–Kier alpha value is -1.88. The maximum Gasteiger partial charge on any atom is 0.261 e. The van der Waals surface area contributed by atoms with Crippen LogP contribution in [-0.4, -0.2) is 16.9 Å². The number of benzene rings is 1. The fraction of sp³-hybridized carbons (Fsp3) is 0.474. The van der Waals surface area contributed by atoms with Gasteiger partial charge in [-0.05, 0) is 38.5 Å². The van der Waals surface area contributed by atoms with Crippen LogP contribution < -0.4 is 4.90 Å². The third-order valence-corrected chi connectivity index (χ3v) is 5.34. The average molecular weight is 366 g/mol. The van der Waals surface area contributed by atoms with E-state index < -0.39 is 17.6 Å². The number of hydrogen-bond acceptors (Lipinski definition) is 3. The third-order valence-electron chi connectivity index (χ3n) is 4.91. The van der Waals surface area contributed by atoms with Crippen molar-refractivity contribution in [1.29, 1.82) is 0 Å². The summed E-state index contributed by atoms with van der Waals surface area (Å²) in [6, 6.07) is 1.08. The minimum Gasteiger partial charge on any atom is -0.506 e. The van der Waals surface area contributed by atoms with Crippen molar-refractivity contribution in [3.05, 3.63) is 33.6 Å². The average Bonchev–Trinajstić information content (AvgIpc) is 2.86. The number of imide groups is 1. The Morgan fingerprint density at radius 2 is 1.76 bits per heavy atom. The molecule has 0 aromatic heterocycles. The number of halogens is 2. The van der Waals surface area contributed by atoms with Gasteiger partial charge in [0.25, 0.3) is 11.8 Å². The molecule has 3 rings (SSSR count). The highest BCUT2D eigenvalue weighted by molar-refractivity contribution is 6.35. The van der Waals surface area contributed by atoms with E-state index in [1.54, 1.807) is 0 Å². The van der Waals surface area contributed by atoms with Crippen LogP contribution in [0.25, 0.3) is 0 Å². The van der Waals surface area contributed by atoms with Gasteiger partial charge in [-0.25, -0.2) is 9.29 Å². The maximum atomic E-state index is 15.1. The summed E-state index contributed by atoms with van der Waals surface area (Å²) in [5.41, 5.74) is 0.934. The van der Waals surface area contributed by atoms with Crippen LogP contribution in [0.15, 0.2) is 17.2 Å². The zero-order chi connectivity index (χ0) is 18.1. The molecule has 4 nitrogen and oxygen atoms in total. The van der Waals surface area contributed by atoms with Gasteiger partial charge in [-0.15, -0.1) is 0 Å². The molecule has 6 heteroatoms. The molecule has 1 heterocycles. The second kappa shape index (κ2) is 7.16. The molecule has 134 valence electrons. The van der Waals surface area contributed by atoms with E-state index in [0.717, 1.165) is 36.6 Å². The first-order chi connectivity index (χ1) is 12.0. The summed E-state index contributed by atoms with van der Waals surface area (Å²) in [6.07, 6.45) is 5.71. The number of hydrogen-bond donors (Lipinski definition) is 1. The van der Waals surface area contributed by atoms with Gasteiger partial charge in [-0.2, -0.15) is 0 Å². The second-order valence-corrected chi connectivity index (χ2v) is 6.97. The Kier molecular flexibility index (Phi) is 5.13. The highest BCUT2D eigenvalue weighted by atomic mass is 35.5. The summed E-state index contributed by atoms with van der Waals surface area (Å²) >= 11 is 6.06. The molecular weight excluding hydrogens is 345 g/mol. The summed E-state index contributed by atoms with van der Waals surface area (Å²) in [6.45, 7) is 2.03. The molecule has 0 atom stereocenters. The normalized spacial score (nSPS) is 17.5. The number of phenolic OH excluding ortho intramolecular Hbond substituents is 1. The topological polar surface area (TPSA) is 57.6 Å². The van der Waals surface area contributed by atoms with Crippen molar-refractivity contribution in [2.24, 2.45) is 0 Å². The molecule has 1 aliphatic heterocycles. The predicted octanol–water partition coefficient (Wildman–Crippen LogP) is 4.66. The Morgan fingerprint density at radius 1 is 1.16 bits per heavy atom. The number of anilines is 1. The summed E-state index contributed by atoms with van der Waals surface area (Å²) in [5, 5.41) is 10.0. The largest absolute Gasteiger partial charge is 0.506 e. The zero-order valence-corrected chi connectivity index (χ0v) is 15.0. The Balaban J connectivity index is 2.00. The molecular formula is C19H21ClFNO3. The monoisotopic (exact) mass is 365 g/mol. The Bertz CT molecular complexity index is 744. The summed E-state index contributed by atoms with van der Waals surface area (Å²) < 4.78 is 15.1. The molecule has 1 aromatic carbocycles. The lowest BCUT2D eigenvalue weighted by Gasteiger charge is -2.19. The summed E-state index contributed by atoms with van der Waals surface area (Å²) in [7, 11) is 0. The van der Waals surface area contributed by atoms with Crippen LogP contribution in [0.5, 0.6) is 5.75 Å². The molecule has 0 unspecified atom stereocenters. The van der Waals surface area contributed by atoms with Gasteiger partial charge < -0.3 is 5.11 Å². The van der Waals surface area contributed by atoms with E-state index in [1.165, 1.54) is 0 Å². The van der Waals surface area contributed by atoms with Crippen molar-refractivity contribution in [1.82, 2.24) is 0 Å². The number of unbranched alkanes of at least 4 members (excludes halogenated alkanes) is 2. The molecule has 0 fully saturated rings. The first-order valence-electron chi connectivity index (χ1n) is 8.78. The SMILES string of the molecule is CCCCCc1c(F)c(N2C(=O)C3=C(CCCC3)C2=O)cc(O)c1Cl. The van der Waals surface area contributed by atoms with Crippen molar-refractivity contribution in [3.8, 4) is 5.75 Å². The van der Waals surface area contributed by atoms with Crippen LogP contribution in [0.4, 0.5) is 10.1 Å². The number of aromatic hydroxyl groups is 1. The number of nitrogens with zero attached hydrogens (tertiary/aromatic N) is 1. The molecule has 2 amide bonds. The number of carbonyl (C=O) groups is 2. The van der Waals surface area contributed by atoms with E-state index in [9.17, 15) is 14.7 Å². The van der Waals surface area contributed by atoms with Crippen molar-refractivity contribution in [2.45, 2.75) is 58.3 Å². The van der Waals surface area contributed by atoms with Gasteiger partial charge in [0.1, 0.15) is 5.75 Å². The van der Waals surface area contributed by atoms with Gasteiger partial charge in [-0.1, -0.05) is 31.4 Å². The minimum absolute atomic E-state index is 0.0471. The lowest BCUT2D eigenvalue weighted by atomic mass is 9.93. The quantitative estimate of drug-likeness (QED) is 0.609. The van der Waals surface area contributed by atoms with E-state index in [1.807, 2.05) is 6.92 Å². The Morgan fingerprint density at radius 3 is 2.32 bits per heavy atom. The molecule has 2 aliphatic rings. The first kappa shape index (κ1) is 17.9. The smallest absolute Gasteiger partial charge is 0.261 e. The molecule has 1 aliphatic carbocycles. The van der Waals surface area contributed by atoms with Gasteiger partial charge in [0.05, 0.1) is 10.7 Å². The van der Waals surface area contributed by atoms with Crippen molar-refractivity contribution < 1.29 is 19.1 Å². The van der Waals surface area contributed by atoms with E-state index in [-0.39, 0.29) is 22.0 Å². The molecule has 0 spiro atoms. The van der Waals surface area contributed by atoms with Crippen LogP contribution in [0.3, 0.4) is 0 Å². The predicted molar refractivity (Wildman–Crippen MR) is 94.3 cm³/mol. The lowest BCUT2D eigenvalue weighted by molar-refractivity contribution is -0.120. The van der Waals surface area contributed by atoms with Crippen molar-refractivity contribution in [3.63, 3.8) is 0 Å². The zero-order valence-electron chi connectivity index (χ0n) is 14.2. The highest BCUT2D eigenvalue weighted by Crippen LogP contribution is 2.41. The standard InChI is InChI=1S/C19H21ClFNO3/c1-2-3-4-9-13-16(20)15(23)10-14(17(13)21)22-18(24)11-7-5-6-8-12(11)19(22)25/h10,23H,2-9H2,1H3. The molecule has 1 N–H and O–H groups in total. The minimum atomic E-state index is -0.694. The summed E-state index contributed by atoms with van der Waals surface area (Å²) in [5.74, 6) is -1.95. The van der Waals surface area contributed by atoms with Crippen LogP contribution in [0, 0.1) is 5.82 Å². The molecule has 0 saturated heterocycles. The van der Waals surface area contributed by atoms with Crippen LogP contribution in [-0.2, 0) is 16.0 Å². The number of phenols is 1. The molecule has 25 heavy (non-hydrogen) atoms. The fourth-order valence-electron chi connectivity index (χ4n) is 3.55. The number of carbonyl (C=O) groups excluding carboxylic acids is 2. The Labute approximate surface area is 151 Å². The van der Waals surface area contributed by atoms with E-state index in [2.05, 4.69) is 0 Å². The lowest BCUT2D eigenvalue weighted by Crippen LogP contribution is -2.32. The van der Waals surface area contributed by atoms with Gasteiger partial charge in [0, 0.05) is 22.8 Å². The van der Waals surface area contributed by atoms with E-state index in [4.69, 9.17) is 11.6 Å². The first-order valence-corrected chi connectivity index (χ1v) is 9.15. The second-order valence-electron chi connectivity index (χ2n) is 6.59. The number of amides is 2. The molecule has 1 aromatic rings. The molecule has 0 bridgehead atoms. The fourth-order valence-corrected chi connectivity index (χ4v) is 3.79. The highest BCUT2D eigenvalue weighted by Gasteiger charge is 2.41. The number of rotatable bonds is 5. The van der Waals surface area contributed by atoms with E-state index >= 15 is 4.39 Å². The molecule has 0 saturated carbocycles. The van der Waals surface area contributed by atoms with Gasteiger partial charge in [-0.3, -0.25) is 9.59 Å². The van der Waals surface area contributed by atoms with Crippen LogP contribution in [0.2, 0.25) is 5.02 Å². The van der Waals surface area contributed by atoms with Crippen molar-refractivity contribution >= 4 is 29.1 Å². The van der Waals surface area contributed by atoms with Gasteiger partial charge in [0.2, 0.25) is 0 Å². The van der Waals surface area contributed by atoms with Gasteiger partial charge >= 0.3 is 0 Å². The third kappa shape index (κ3) is 3.06. The summed E-state index contributed by atoms with van der Waals surface area (Å²) in [4.78, 5) is 26.1. The van der Waals surface area contributed by atoms with Gasteiger partial charge in [0.15, 0.2) is 5.82 Å². The van der Waals surface area contributed by atoms with Crippen LogP contribution >= 0.6 is 11.6 Å².